The molecule has 1 N–H and O–H groups in total. The summed E-state index contributed by atoms with van der Waals surface area (Å²) in [5, 5.41) is 10.5. The van der Waals surface area contributed by atoms with Crippen molar-refractivity contribution < 1.29 is 9.90 Å². The molecule has 1 atom stereocenters. The molecular weight excluding hydrogens is 290 g/mol. The fourth-order valence-electron chi connectivity index (χ4n) is 3.44. The van der Waals surface area contributed by atoms with E-state index < -0.39 is 5.60 Å². The smallest absolute Gasteiger partial charge is 0.254 e. The second kappa shape index (κ2) is 5.78. The van der Waals surface area contributed by atoms with Gasteiger partial charge in [0, 0.05) is 43.4 Å². The Morgan fingerprint density at radius 3 is 2.57 bits per heavy atom. The van der Waals surface area contributed by atoms with Crippen molar-refractivity contribution in [2.75, 3.05) is 31.1 Å². The van der Waals surface area contributed by atoms with Gasteiger partial charge in [-0.15, -0.1) is 0 Å². The number of carbonyl (C=O) groups is 1. The Morgan fingerprint density at radius 2 is 1.91 bits per heavy atom. The number of hydrogen-bond acceptors (Lipinski definition) is 4. The van der Waals surface area contributed by atoms with Crippen LogP contribution in [-0.4, -0.2) is 52.7 Å². The van der Waals surface area contributed by atoms with Gasteiger partial charge in [0.1, 0.15) is 5.82 Å². The lowest BCUT2D eigenvalue weighted by atomic mass is 9.71. The Kier molecular flexibility index (Phi) is 4.08. The first-order valence-corrected chi connectivity index (χ1v) is 8.53. The highest BCUT2D eigenvalue weighted by Crippen LogP contribution is 2.39. The fourth-order valence-corrected chi connectivity index (χ4v) is 3.44. The number of rotatable bonds is 2. The maximum atomic E-state index is 12.6. The maximum Gasteiger partial charge on any atom is 0.254 e. The predicted molar refractivity (Wildman–Crippen MR) is 90.6 cm³/mol. The number of carbonyl (C=O) groups excluding carboxylic acids is 1. The molecule has 0 bridgehead atoms. The van der Waals surface area contributed by atoms with Gasteiger partial charge in [0.2, 0.25) is 0 Å². The first-order valence-electron chi connectivity index (χ1n) is 8.53. The number of anilines is 1. The summed E-state index contributed by atoms with van der Waals surface area (Å²) in [4.78, 5) is 21.1. The molecule has 0 aliphatic carbocycles. The third-order valence-electron chi connectivity index (χ3n) is 5.62. The minimum absolute atomic E-state index is 0.106. The number of aliphatic hydroxyl groups is 1. The maximum absolute atomic E-state index is 12.6. The first-order chi connectivity index (χ1) is 10.8. The van der Waals surface area contributed by atoms with E-state index in [1.165, 1.54) is 0 Å². The Labute approximate surface area is 138 Å². The normalized spacial score (nSPS) is 27.3. The summed E-state index contributed by atoms with van der Waals surface area (Å²) >= 11 is 0. The number of likely N-dealkylation sites (tertiary alicyclic amines) is 1. The summed E-state index contributed by atoms with van der Waals surface area (Å²) in [5.74, 6) is 0.938. The van der Waals surface area contributed by atoms with Gasteiger partial charge in [-0.05, 0) is 38.3 Å². The summed E-state index contributed by atoms with van der Waals surface area (Å²) in [5.41, 5.74) is -0.180. The molecule has 2 aliphatic heterocycles. The van der Waals surface area contributed by atoms with Gasteiger partial charge in [-0.25, -0.2) is 4.98 Å². The van der Waals surface area contributed by atoms with E-state index in [1.54, 1.807) is 12.3 Å². The second-order valence-corrected chi connectivity index (χ2v) is 7.73. The van der Waals surface area contributed by atoms with Crippen LogP contribution in [0.1, 0.15) is 50.4 Å². The van der Waals surface area contributed by atoms with Crippen LogP contribution in [0.3, 0.4) is 0 Å². The van der Waals surface area contributed by atoms with E-state index in [9.17, 15) is 9.90 Å². The molecule has 2 saturated heterocycles. The molecule has 5 nitrogen and oxygen atoms in total. The van der Waals surface area contributed by atoms with Crippen molar-refractivity contribution in [3.05, 3.63) is 23.9 Å². The molecule has 0 aromatic carbocycles. The molecule has 0 unspecified atom stereocenters. The molecule has 2 aliphatic rings. The third kappa shape index (κ3) is 3.07. The van der Waals surface area contributed by atoms with Gasteiger partial charge in [0.05, 0.1) is 5.60 Å². The van der Waals surface area contributed by atoms with Gasteiger partial charge in [-0.1, -0.05) is 13.8 Å². The number of nitrogens with zero attached hydrogens (tertiary/aromatic N) is 3. The molecule has 126 valence electrons. The molecule has 1 amide bonds. The second-order valence-electron chi connectivity index (χ2n) is 7.73. The van der Waals surface area contributed by atoms with Gasteiger partial charge >= 0.3 is 0 Å². The summed E-state index contributed by atoms with van der Waals surface area (Å²) in [7, 11) is 0. The Balaban J connectivity index is 1.79. The molecule has 0 radical (unpaired) electrons. The average Bonchev–Trinajstić information content (AvgIpc) is 3.04. The van der Waals surface area contributed by atoms with Crippen LogP contribution in [-0.2, 0) is 0 Å². The molecule has 2 fully saturated rings. The largest absolute Gasteiger partial charge is 0.389 e. The van der Waals surface area contributed by atoms with Crippen LogP contribution >= 0.6 is 0 Å². The van der Waals surface area contributed by atoms with Crippen molar-refractivity contribution in [1.82, 2.24) is 9.88 Å². The molecule has 5 heteroatoms. The van der Waals surface area contributed by atoms with E-state index in [-0.39, 0.29) is 11.3 Å². The van der Waals surface area contributed by atoms with Crippen molar-refractivity contribution >= 4 is 11.7 Å². The van der Waals surface area contributed by atoms with E-state index in [1.807, 2.05) is 17.9 Å². The van der Waals surface area contributed by atoms with E-state index in [0.29, 0.717) is 12.0 Å². The Bertz CT molecular complexity index is 592. The number of aromatic nitrogens is 1. The highest BCUT2D eigenvalue weighted by Gasteiger charge is 2.44. The van der Waals surface area contributed by atoms with Crippen LogP contribution in [0.2, 0.25) is 0 Å². The fraction of sp³-hybridized carbons (Fsp3) is 0.667. The predicted octanol–water partition coefficient (Wildman–Crippen LogP) is 2.30. The van der Waals surface area contributed by atoms with E-state index >= 15 is 0 Å². The topological polar surface area (TPSA) is 56.7 Å². The van der Waals surface area contributed by atoms with E-state index in [4.69, 9.17) is 0 Å². The van der Waals surface area contributed by atoms with Crippen molar-refractivity contribution in [2.45, 2.75) is 45.6 Å². The third-order valence-corrected chi connectivity index (χ3v) is 5.62. The molecule has 1 aromatic rings. The zero-order chi connectivity index (χ0) is 16.7. The van der Waals surface area contributed by atoms with Crippen molar-refractivity contribution in [2.24, 2.45) is 5.41 Å². The monoisotopic (exact) mass is 317 g/mol. The number of piperidine rings is 1. The summed E-state index contributed by atoms with van der Waals surface area (Å²) in [6, 6.07) is 3.70. The van der Waals surface area contributed by atoms with Crippen LogP contribution in [0.25, 0.3) is 0 Å². The lowest BCUT2D eigenvalue weighted by Crippen LogP contribution is -2.56. The molecule has 3 heterocycles. The summed E-state index contributed by atoms with van der Waals surface area (Å²) in [6.45, 7) is 9.27. The van der Waals surface area contributed by atoms with Crippen LogP contribution in [0.4, 0.5) is 5.82 Å². The first kappa shape index (κ1) is 16.2. The molecule has 0 saturated carbocycles. The molecular formula is C18H27N3O2. The summed E-state index contributed by atoms with van der Waals surface area (Å²) < 4.78 is 0. The van der Waals surface area contributed by atoms with E-state index in [0.717, 1.165) is 44.8 Å². The van der Waals surface area contributed by atoms with Crippen molar-refractivity contribution in [3.8, 4) is 0 Å². The molecule has 0 spiro atoms. The quantitative estimate of drug-likeness (QED) is 0.909. The highest BCUT2D eigenvalue weighted by atomic mass is 16.3. The Hall–Kier alpha value is -1.62. The van der Waals surface area contributed by atoms with Gasteiger partial charge in [0.15, 0.2) is 0 Å². The zero-order valence-corrected chi connectivity index (χ0v) is 14.4. The minimum Gasteiger partial charge on any atom is -0.389 e. The Morgan fingerprint density at radius 1 is 1.22 bits per heavy atom. The summed E-state index contributed by atoms with van der Waals surface area (Å²) in [6.07, 6.45) is 4.61. The van der Waals surface area contributed by atoms with Gasteiger partial charge in [-0.2, -0.15) is 0 Å². The number of amides is 1. The minimum atomic E-state index is -0.674. The molecule has 23 heavy (non-hydrogen) atoms. The standard InChI is InChI=1S/C18H27N3O2/c1-17(2)13-21(11-7-18(17,3)23)15-12-14(6-8-19-15)16(22)20-9-4-5-10-20/h6,8,12,23H,4-5,7,9-11,13H2,1-3H3/t18-/m1/s1. The molecule has 3 rings (SSSR count). The van der Waals surface area contributed by atoms with E-state index in [2.05, 4.69) is 23.7 Å². The van der Waals surface area contributed by atoms with Gasteiger partial charge in [0.25, 0.3) is 5.91 Å². The lowest BCUT2D eigenvalue weighted by Gasteiger charge is -2.49. The van der Waals surface area contributed by atoms with Crippen LogP contribution < -0.4 is 4.90 Å². The van der Waals surface area contributed by atoms with Gasteiger partial charge < -0.3 is 14.9 Å². The van der Waals surface area contributed by atoms with Crippen LogP contribution in [0.15, 0.2) is 18.3 Å². The molecule has 1 aromatic heterocycles. The number of pyridine rings is 1. The van der Waals surface area contributed by atoms with Crippen molar-refractivity contribution in [1.29, 1.82) is 0 Å². The van der Waals surface area contributed by atoms with Crippen molar-refractivity contribution in [3.63, 3.8) is 0 Å². The highest BCUT2D eigenvalue weighted by molar-refractivity contribution is 5.95. The van der Waals surface area contributed by atoms with Crippen LogP contribution in [0.5, 0.6) is 0 Å². The average molecular weight is 317 g/mol. The van der Waals surface area contributed by atoms with Gasteiger partial charge in [-0.3, -0.25) is 4.79 Å². The zero-order valence-electron chi connectivity index (χ0n) is 14.4. The number of hydrogen-bond donors (Lipinski definition) is 1. The van der Waals surface area contributed by atoms with Crippen LogP contribution in [0, 0.1) is 5.41 Å². The SMILES string of the molecule is CC1(C)CN(c2cc(C(=O)N3CCCC3)ccn2)CC[C@@]1(C)O. The lowest BCUT2D eigenvalue weighted by molar-refractivity contribution is -0.0650.